The SMILES string of the molecule is COc1cc2oc(=O)c3c(c2cc1OC)CCN(CCc1ccccc1)C3. The van der Waals surface area contributed by atoms with Crippen LogP contribution in [-0.4, -0.2) is 32.2 Å². The summed E-state index contributed by atoms with van der Waals surface area (Å²) in [6.45, 7) is 2.47. The van der Waals surface area contributed by atoms with Crippen molar-refractivity contribution in [2.24, 2.45) is 0 Å². The Morgan fingerprint density at radius 2 is 1.78 bits per heavy atom. The first-order chi connectivity index (χ1) is 13.2. The summed E-state index contributed by atoms with van der Waals surface area (Å²) in [6, 6.07) is 14.1. The molecule has 1 aliphatic rings. The fraction of sp³-hybridized carbons (Fsp3) is 0.318. The fourth-order valence-corrected chi connectivity index (χ4v) is 3.77. The highest BCUT2D eigenvalue weighted by Crippen LogP contribution is 2.35. The predicted molar refractivity (Wildman–Crippen MR) is 105 cm³/mol. The molecule has 5 heteroatoms. The maximum atomic E-state index is 12.6. The van der Waals surface area contributed by atoms with Crippen LogP contribution in [0.1, 0.15) is 16.7 Å². The molecule has 5 nitrogen and oxygen atoms in total. The highest BCUT2D eigenvalue weighted by molar-refractivity contribution is 5.85. The van der Waals surface area contributed by atoms with Crippen LogP contribution >= 0.6 is 0 Å². The zero-order chi connectivity index (χ0) is 18.8. The normalized spacial score (nSPS) is 14.1. The van der Waals surface area contributed by atoms with E-state index in [1.54, 1.807) is 20.3 Å². The van der Waals surface area contributed by atoms with Crippen molar-refractivity contribution < 1.29 is 13.9 Å². The summed E-state index contributed by atoms with van der Waals surface area (Å²) in [6.07, 6.45) is 1.79. The van der Waals surface area contributed by atoms with Gasteiger partial charge >= 0.3 is 5.63 Å². The summed E-state index contributed by atoms with van der Waals surface area (Å²) >= 11 is 0. The maximum Gasteiger partial charge on any atom is 0.341 e. The van der Waals surface area contributed by atoms with E-state index < -0.39 is 0 Å². The molecule has 0 amide bonds. The average molecular weight is 365 g/mol. The van der Waals surface area contributed by atoms with Crippen molar-refractivity contribution in [3.8, 4) is 11.5 Å². The number of fused-ring (bicyclic) bond motifs is 3. The molecular weight excluding hydrogens is 342 g/mol. The first-order valence-electron chi connectivity index (χ1n) is 9.16. The quantitative estimate of drug-likeness (QED) is 0.649. The third-order valence-corrected chi connectivity index (χ3v) is 5.24. The first-order valence-corrected chi connectivity index (χ1v) is 9.16. The lowest BCUT2D eigenvalue weighted by molar-refractivity contribution is 0.253. The van der Waals surface area contributed by atoms with Gasteiger partial charge < -0.3 is 13.9 Å². The first kappa shape index (κ1) is 17.6. The van der Waals surface area contributed by atoms with Gasteiger partial charge in [-0.1, -0.05) is 30.3 Å². The zero-order valence-electron chi connectivity index (χ0n) is 15.7. The molecule has 1 aromatic heterocycles. The molecule has 0 atom stereocenters. The lowest BCUT2D eigenvalue weighted by Gasteiger charge is -2.28. The Balaban J connectivity index is 1.63. The van der Waals surface area contributed by atoms with Crippen molar-refractivity contribution in [1.82, 2.24) is 4.90 Å². The highest BCUT2D eigenvalue weighted by atomic mass is 16.5. The number of ether oxygens (including phenoxy) is 2. The monoisotopic (exact) mass is 365 g/mol. The summed E-state index contributed by atoms with van der Waals surface area (Å²) in [5, 5.41) is 0.935. The smallest absolute Gasteiger partial charge is 0.341 e. The van der Waals surface area contributed by atoms with Gasteiger partial charge in [-0.15, -0.1) is 0 Å². The molecule has 27 heavy (non-hydrogen) atoms. The van der Waals surface area contributed by atoms with Gasteiger partial charge in [-0.25, -0.2) is 4.79 Å². The molecule has 2 aromatic carbocycles. The summed E-state index contributed by atoms with van der Waals surface area (Å²) in [5.41, 5.74) is 3.43. The average Bonchev–Trinajstić information content (AvgIpc) is 2.72. The molecule has 4 rings (SSSR count). The second kappa shape index (κ2) is 7.45. The van der Waals surface area contributed by atoms with E-state index in [1.807, 2.05) is 12.1 Å². The molecule has 3 aromatic rings. The topological polar surface area (TPSA) is 51.9 Å². The van der Waals surface area contributed by atoms with Crippen molar-refractivity contribution in [3.63, 3.8) is 0 Å². The van der Waals surface area contributed by atoms with Crippen LogP contribution in [0.5, 0.6) is 11.5 Å². The van der Waals surface area contributed by atoms with E-state index in [-0.39, 0.29) is 5.63 Å². The highest BCUT2D eigenvalue weighted by Gasteiger charge is 2.23. The minimum Gasteiger partial charge on any atom is -0.493 e. The van der Waals surface area contributed by atoms with Crippen LogP contribution in [0.25, 0.3) is 11.0 Å². The van der Waals surface area contributed by atoms with Gasteiger partial charge in [0.05, 0.1) is 19.8 Å². The minimum atomic E-state index is -0.255. The van der Waals surface area contributed by atoms with Crippen LogP contribution in [0, 0.1) is 0 Å². The Hall–Kier alpha value is -2.79. The van der Waals surface area contributed by atoms with E-state index in [4.69, 9.17) is 13.9 Å². The second-order valence-corrected chi connectivity index (χ2v) is 6.81. The van der Waals surface area contributed by atoms with Crippen LogP contribution < -0.4 is 15.1 Å². The number of hydrogen-bond acceptors (Lipinski definition) is 5. The zero-order valence-corrected chi connectivity index (χ0v) is 15.7. The van der Waals surface area contributed by atoms with Gasteiger partial charge in [-0.05, 0) is 30.0 Å². The van der Waals surface area contributed by atoms with Crippen LogP contribution in [0.3, 0.4) is 0 Å². The minimum absolute atomic E-state index is 0.255. The third kappa shape index (κ3) is 3.43. The Kier molecular flexibility index (Phi) is 4.86. The second-order valence-electron chi connectivity index (χ2n) is 6.81. The van der Waals surface area contributed by atoms with Crippen molar-refractivity contribution in [1.29, 1.82) is 0 Å². The van der Waals surface area contributed by atoms with Crippen molar-refractivity contribution in [2.45, 2.75) is 19.4 Å². The van der Waals surface area contributed by atoms with Gasteiger partial charge in [0.1, 0.15) is 5.58 Å². The summed E-state index contributed by atoms with van der Waals surface area (Å²) in [5.74, 6) is 1.21. The molecule has 0 fully saturated rings. The van der Waals surface area contributed by atoms with Gasteiger partial charge in [-0.3, -0.25) is 4.90 Å². The third-order valence-electron chi connectivity index (χ3n) is 5.24. The predicted octanol–water partition coefficient (Wildman–Crippen LogP) is 3.41. The van der Waals surface area contributed by atoms with E-state index in [9.17, 15) is 4.79 Å². The molecule has 0 bridgehead atoms. The Bertz CT molecular complexity index is 1010. The number of hydrogen-bond donors (Lipinski definition) is 0. The molecular formula is C22H23NO4. The number of nitrogens with zero attached hydrogens (tertiary/aromatic N) is 1. The molecule has 0 radical (unpaired) electrons. The van der Waals surface area contributed by atoms with Crippen LogP contribution in [0.2, 0.25) is 0 Å². The van der Waals surface area contributed by atoms with E-state index in [1.165, 1.54) is 5.56 Å². The molecule has 0 saturated carbocycles. The standard InChI is InChI=1S/C22H23NO4/c1-25-20-12-17-16-9-11-23(10-8-15-6-4-3-5-7-15)14-18(16)22(24)27-19(17)13-21(20)26-2/h3-7,12-13H,8-11,14H2,1-2H3. The van der Waals surface area contributed by atoms with Gasteiger partial charge in [0, 0.05) is 31.1 Å². The van der Waals surface area contributed by atoms with Crippen molar-refractivity contribution >= 4 is 11.0 Å². The molecule has 0 saturated heterocycles. The van der Waals surface area contributed by atoms with Crippen LogP contribution in [0.4, 0.5) is 0 Å². The van der Waals surface area contributed by atoms with E-state index in [0.717, 1.165) is 42.4 Å². The van der Waals surface area contributed by atoms with Gasteiger partial charge in [-0.2, -0.15) is 0 Å². The molecule has 1 aliphatic heterocycles. The Labute approximate surface area is 158 Å². The number of benzene rings is 2. The number of rotatable bonds is 5. The van der Waals surface area contributed by atoms with E-state index in [2.05, 4.69) is 29.2 Å². The Morgan fingerprint density at radius 3 is 2.52 bits per heavy atom. The lowest BCUT2D eigenvalue weighted by atomic mass is 9.97. The molecule has 0 aliphatic carbocycles. The van der Waals surface area contributed by atoms with E-state index in [0.29, 0.717) is 23.6 Å². The summed E-state index contributed by atoms with van der Waals surface area (Å²) < 4.78 is 16.3. The molecule has 2 heterocycles. The van der Waals surface area contributed by atoms with Gasteiger partial charge in [0.25, 0.3) is 0 Å². The fourth-order valence-electron chi connectivity index (χ4n) is 3.77. The maximum absolute atomic E-state index is 12.6. The molecule has 140 valence electrons. The largest absolute Gasteiger partial charge is 0.493 e. The number of methoxy groups -OCH3 is 2. The molecule has 0 unspecified atom stereocenters. The lowest BCUT2D eigenvalue weighted by Crippen LogP contribution is -2.35. The molecule has 0 spiro atoms. The van der Waals surface area contributed by atoms with Crippen LogP contribution in [0.15, 0.2) is 51.7 Å². The molecule has 0 N–H and O–H groups in total. The van der Waals surface area contributed by atoms with Crippen molar-refractivity contribution in [3.05, 3.63) is 69.6 Å². The van der Waals surface area contributed by atoms with Crippen LogP contribution in [-0.2, 0) is 19.4 Å². The summed E-state index contributed by atoms with van der Waals surface area (Å²) in [7, 11) is 3.19. The van der Waals surface area contributed by atoms with E-state index >= 15 is 0 Å². The van der Waals surface area contributed by atoms with Gasteiger partial charge in [0.15, 0.2) is 11.5 Å². The Morgan fingerprint density at radius 1 is 1.04 bits per heavy atom. The summed E-state index contributed by atoms with van der Waals surface area (Å²) in [4.78, 5) is 14.9. The van der Waals surface area contributed by atoms with Crippen molar-refractivity contribution in [2.75, 3.05) is 27.3 Å². The van der Waals surface area contributed by atoms with Gasteiger partial charge in [0.2, 0.25) is 0 Å².